The highest BCUT2D eigenvalue weighted by atomic mass is 19.1. The largest absolute Gasteiger partial charge is 0.444 e. The molecule has 1 heterocycles. The molecule has 0 bridgehead atoms. The van der Waals surface area contributed by atoms with Gasteiger partial charge in [0.05, 0.1) is 11.4 Å². The van der Waals surface area contributed by atoms with Gasteiger partial charge >= 0.3 is 6.09 Å². The smallest absolute Gasteiger partial charge is 0.408 e. The minimum absolute atomic E-state index is 0.184. The third-order valence-corrected chi connectivity index (χ3v) is 2.74. The molecule has 6 nitrogen and oxygen atoms in total. The number of hydrogen-bond donors (Lipinski definition) is 3. The second-order valence-corrected chi connectivity index (χ2v) is 5.76. The Morgan fingerprint density at radius 3 is 2.76 bits per heavy atom. The number of carbonyl (C=O) groups is 2. The van der Waals surface area contributed by atoms with E-state index >= 15 is 0 Å². The Hall–Kier alpha value is -2.31. The van der Waals surface area contributed by atoms with Crippen LogP contribution in [0.5, 0.6) is 0 Å². The van der Waals surface area contributed by atoms with Gasteiger partial charge in [-0.3, -0.25) is 4.79 Å². The van der Waals surface area contributed by atoms with Crippen LogP contribution < -0.4 is 16.0 Å². The molecule has 0 aromatic heterocycles. The fourth-order valence-electron chi connectivity index (χ4n) is 1.86. The van der Waals surface area contributed by atoms with E-state index in [1.165, 1.54) is 18.2 Å². The van der Waals surface area contributed by atoms with E-state index in [1.807, 2.05) is 0 Å². The Balaban J connectivity index is 2.05. The van der Waals surface area contributed by atoms with Gasteiger partial charge in [0.15, 0.2) is 0 Å². The first-order valence-corrected chi connectivity index (χ1v) is 6.58. The number of benzene rings is 1. The van der Waals surface area contributed by atoms with Crippen molar-refractivity contribution in [1.29, 1.82) is 0 Å². The predicted octanol–water partition coefficient (Wildman–Crippen LogP) is 2.08. The van der Waals surface area contributed by atoms with Crippen molar-refractivity contribution in [2.75, 3.05) is 17.2 Å². The van der Waals surface area contributed by atoms with Crippen molar-refractivity contribution in [2.45, 2.75) is 32.4 Å². The van der Waals surface area contributed by atoms with Crippen LogP contribution in [-0.2, 0) is 9.53 Å². The van der Waals surface area contributed by atoms with Crippen LogP contribution in [0.2, 0.25) is 0 Å². The molecule has 2 rings (SSSR count). The maximum Gasteiger partial charge on any atom is 0.408 e. The van der Waals surface area contributed by atoms with Gasteiger partial charge in [-0.1, -0.05) is 0 Å². The topological polar surface area (TPSA) is 79.5 Å². The predicted molar refractivity (Wildman–Crippen MR) is 76.7 cm³/mol. The summed E-state index contributed by atoms with van der Waals surface area (Å²) in [6.07, 6.45) is -0.679. The molecule has 0 spiro atoms. The summed E-state index contributed by atoms with van der Waals surface area (Å²) in [6.45, 7) is 5.38. The summed E-state index contributed by atoms with van der Waals surface area (Å²) in [5, 5.41) is 8.04. The highest BCUT2D eigenvalue weighted by Gasteiger charge is 2.27. The lowest BCUT2D eigenvalue weighted by Gasteiger charge is -2.22. The van der Waals surface area contributed by atoms with Gasteiger partial charge in [0, 0.05) is 6.54 Å². The molecule has 0 saturated heterocycles. The van der Waals surface area contributed by atoms with Crippen molar-refractivity contribution >= 4 is 23.4 Å². The molecule has 1 aromatic rings. The molecule has 3 N–H and O–H groups in total. The zero-order valence-electron chi connectivity index (χ0n) is 12.1. The lowest BCUT2D eigenvalue weighted by atomic mass is 10.2. The average molecular weight is 295 g/mol. The summed E-state index contributed by atoms with van der Waals surface area (Å²) >= 11 is 0. The Labute approximate surface area is 122 Å². The second kappa shape index (κ2) is 5.59. The summed E-state index contributed by atoms with van der Waals surface area (Å²) in [5.41, 5.74) is 0.289. The van der Waals surface area contributed by atoms with Gasteiger partial charge < -0.3 is 20.7 Å². The zero-order chi connectivity index (χ0) is 15.6. The van der Waals surface area contributed by atoms with E-state index in [2.05, 4.69) is 16.0 Å². The number of nitrogens with one attached hydrogen (secondary N) is 3. The number of alkyl carbamates (subject to hydrolysis) is 1. The van der Waals surface area contributed by atoms with E-state index in [0.717, 1.165) is 0 Å². The monoisotopic (exact) mass is 295 g/mol. The van der Waals surface area contributed by atoms with Gasteiger partial charge in [0.2, 0.25) is 5.91 Å². The molecule has 0 saturated carbocycles. The van der Waals surface area contributed by atoms with Crippen molar-refractivity contribution in [2.24, 2.45) is 0 Å². The van der Waals surface area contributed by atoms with E-state index < -0.39 is 29.5 Å². The minimum Gasteiger partial charge on any atom is -0.444 e. The maximum absolute atomic E-state index is 13.2. The average Bonchev–Trinajstić information content (AvgIpc) is 2.47. The van der Waals surface area contributed by atoms with Crippen LogP contribution in [0.15, 0.2) is 18.2 Å². The first-order chi connectivity index (χ1) is 9.74. The van der Waals surface area contributed by atoms with Gasteiger partial charge in [0.25, 0.3) is 0 Å². The maximum atomic E-state index is 13.2. The SMILES string of the molecule is CC(C)(C)OC(=O)N[C@@H]1CNc2ccc(F)cc2NC1=O. The number of fused-ring (bicyclic) bond motifs is 1. The fraction of sp³-hybridized carbons (Fsp3) is 0.429. The second-order valence-electron chi connectivity index (χ2n) is 5.76. The van der Waals surface area contributed by atoms with Gasteiger partial charge in [-0.2, -0.15) is 0 Å². The number of carbonyl (C=O) groups excluding carboxylic acids is 2. The summed E-state index contributed by atoms with van der Waals surface area (Å²) in [5.74, 6) is -0.882. The van der Waals surface area contributed by atoms with E-state index in [9.17, 15) is 14.0 Å². The first-order valence-electron chi connectivity index (χ1n) is 6.58. The van der Waals surface area contributed by atoms with Crippen LogP contribution in [0.1, 0.15) is 20.8 Å². The van der Waals surface area contributed by atoms with Crippen molar-refractivity contribution < 1.29 is 18.7 Å². The van der Waals surface area contributed by atoms with E-state index in [1.54, 1.807) is 20.8 Å². The van der Waals surface area contributed by atoms with Gasteiger partial charge in [0.1, 0.15) is 17.5 Å². The molecule has 7 heteroatoms. The minimum atomic E-state index is -0.810. The number of rotatable bonds is 1. The third kappa shape index (κ3) is 4.08. The first kappa shape index (κ1) is 15.1. The molecular weight excluding hydrogens is 277 g/mol. The van der Waals surface area contributed by atoms with E-state index in [0.29, 0.717) is 11.4 Å². The molecule has 0 radical (unpaired) electrons. The number of anilines is 2. The van der Waals surface area contributed by atoms with Crippen molar-refractivity contribution in [3.8, 4) is 0 Å². The van der Waals surface area contributed by atoms with E-state index in [4.69, 9.17) is 4.74 Å². The Kier molecular flexibility index (Phi) is 4.02. The molecule has 1 aliphatic heterocycles. The Bertz CT molecular complexity index is 569. The zero-order valence-corrected chi connectivity index (χ0v) is 12.1. The highest BCUT2D eigenvalue weighted by molar-refractivity contribution is 6.00. The van der Waals surface area contributed by atoms with Gasteiger partial charge in [-0.25, -0.2) is 9.18 Å². The van der Waals surface area contributed by atoms with Crippen molar-refractivity contribution in [3.63, 3.8) is 0 Å². The highest BCUT2D eigenvalue weighted by Crippen LogP contribution is 2.24. The quantitative estimate of drug-likeness (QED) is 0.741. The molecule has 1 aromatic carbocycles. The van der Waals surface area contributed by atoms with Crippen molar-refractivity contribution in [3.05, 3.63) is 24.0 Å². The Morgan fingerprint density at radius 2 is 2.10 bits per heavy atom. The normalized spacial score (nSPS) is 17.9. The Morgan fingerprint density at radius 1 is 1.38 bits per heavy atom. The van der Waals surface area contributed by atoms with Gasteiger partial charge in [-0.05, 0) is 39.0 Å². The lowest BCUT2D eigenvalue weighted by molar-refractivity contribution is -0.117. The van der Waals surface area contributed by atoms with Crippen LogP contribution in [-0.4, -0.2) is 30.2 Å². The summed E-state index contributed by atoms with van der Waals surface area (Å²) in [6, 6.07) is 3.23. The van der Waals surface area contributed by atoms with Crippen LogP contribution in [0.25, 0.3) is 0 Å². The lowest BCUT2D eigenvalue weighted by Crippen LogP contribution is -2.48. The number of halogens is 1. The third-order valence-electron chi connectivity index (χ3n) is 2.74. The number of amides is 2. The molecule has 0 fully saturated rings. The number of ether oxygens (including phenoxy) is 1. The van der Waals surface area contributed by atoms with Crippen LogP contribution in [0.4, 0.5) is 20.6 Å². The molecule has 1 aliphatic rings. The van der Waals surface area contributed by atoms with Crippen LogP contribution in [0.3, 0.4) is 0 Å². The van der Waals surface area contributed by atoms with E-state index in [-0.39, 0.29) is 6.54 Å². The fourth-order valence-corrected chi connectivity index (χ4v) is 1.86. The van der Waals surface area contributed by atoms with Gasteiger partial charge in [-0.15, -0.1) is 0 Å². The van der Waals surface area contributed by atoms with Crippen molar-refractivity contribution in [1.82, 2.24) is 5.32 Å². The molecule has 114 valence electrons. The summed E-state index contributed by atoms with van der Waals surface area (Å²) in [4.78, 5) is 23.8. The molecule has 0 unspecified atom stereocenters. The van der Waals surface area contributed by atoms with Crippen LogP contribution in [0, 0.1) is 5.82 Å². The molecule has 0 aliphatic carbocycles. The summed E-state index contributed by atoms with van der Waals surface area (Å²) in [7, 11) is 0. The van der Waals surface area contributed by atoms with Crippen LogP contribution >= 0.6 is 0 Å². The molecule has 2 amide bonds. The molecular formula is C14H18FN3O3. The number of hydrogen-bond acceptors (Lipinski definition) is 4. The summed E-state index contributed by atoms with van der Waals surface area (Å²) < 4.78 is 18.3. The standard InChI is InChI=1S/C14H18FN3O3/c1-14(2,3)21-13(20)18-11-7-16-9-5-4-8(15)6-10(9)17-12(11)19/h4-6,11,16H,7H2,1-3H3,(H,17,19)(H,18,20)/t11-/m1/s1. The molecule has 21 heavy (non-hydrogen) atoms. The molecule has 1 atom stereocenters.